The predicted octanol–water partition coefficient (Wildman–Crippen LogP) is 2.99. The third kappa shape index (κ3) is 6.12. The van der Waals surface area contributed by atoms with E-state index in [-0.39, 0.29) is 30.8 Å². The van der Waals surface area contributed by atoms with Crippen LogP contribution in [0.1, 0.15) is 23.1 Å². The number of carbonyl (C=O) groups is 2. The van der Waals surface area contributed by atoms with Crippen molar-refractivity contribution in [3.8, 4) is 0 Å². The van der Waals surface area contributed by atoms with E-state index >= 15 is 0 Å². The molecular formula is C19H24ClN3O2. The lowest BCUT2D eigenvalue weighted by atomic mass is 10.1. The number of nitrogens with two attached hydrogens (primary N) is 1. The molecule has 4 N–H and O–H groups in total. The van der Waals surface area contributed by atoms with Crippen LogP contribution in [-0.4, -0.2) is 18.4 Å². The van der Waals surface area contributed by atoms with Gasteiger partial charge < -0.3 is 16.4 Å². The van der Waals surface area contributed by atoms with Crippen LogP contribution in [0.25, 0.3) is 0 Å². The first-order chi connectivity index (χ1) is 11.5. The minimum absolute atomic E-state index is 0. The molecule has 2 aromatic carbocycles. The molecule has 0 aromatic heterocycles. The Morgan fingerprint density at radius 1 is 0.960 bits per heavy atom. The number of nitrogen functional groups attached to an aromatic ring is 1. The van der Waals surface area contributed by atoms with Crippen LogP contribution in [0, 0.1) is 13.8 Å². The van der Waals surface area contributed by atoms with Gasteiger partial charge in [-0.1, -0.05) is 36.4 Å². The Morgan fingerprint density at radius 2 is 1.60 bits per heavy atom. The first-order valence-corrected chi connectivity index (χ1v) is 7.93. The molecule has 0 aliphatic carbocycles. The molecule has 0 saturated heterocycles. The zero-order valence-corrected chi connectivity index (χ0v) is 15.3. The molecule has 2 aromatic rings. The van der Waals surface area contributed by atoms with Crippen LogP contribution < -0.4 is 16.4 Å². The molecule has 5 nitrogen and oxygen atoms in total. The molecule has 0 saturated carbocycles. The average Bonchev–Trinajstić information content (AvgIpc) is 2.56. The summed E-state index contributed by atoms with van der Waals surface area (Å²) in [7, 11) is 0. The first-order valence-electron chi connectivity index (χ1n) is 7.93. The van der Waals surface area contributed by atoms with Crippen LogP contribution in [0.3, 0.4) is 0 Å². The number of para-hydroxylation sites is 2. The largest absolute Gasteiger partial charge is 0.399 e. The monoisotopic (exact) mass is 361 g/mol. The first kappa shape index (κ1) is 20.5. The number of rotatable bonds is 6. The number of aryl methyl sites for hydroxylation is 3. The lowest BCUT2D eigenvalue weighted by molar-refractivity contribution is -0.124. The number of halogens is 1. The van der Waals surface area contributed by atoms with E-state index < -0.39 is 0 Å². The summed E-state index contributed by atoms with van der Waals surface area (Å²) in [6.45, 7) is 3.83. The molecule has 134 valence electrons. The number of hydrogen-bond donors (Lipinski definition) is 3. The fraction of sp³-hybridized carbons (Fsp3) is 0.263. The van der Waals surface area contributed by atoms with Crippen LogP contribution in [0.15, 0.2) is 42.5 Å². The second kappa shape index (κ2) is 9.69. The molecule has 0 fully saturated rings. The van der Waals surface area contributed by atoms with E-state index in [0.717, 1.165) is 22.4 Å². The van der Waals surface area contributed by atoms with Gasteiger partial charge in [0.1, 0.15) is 0 Å². The molecule has 0 spiro atoms. The maximum atomic E-state index is 12.0. The number of anilines is 2. The zero-order valence-electron chi connectivity index (χ0n) is 14.5. The highest BCUT2D eigenvalue weighted by atomic mass is 35.5. The Morgan fingerprint density at radius 3 is 2.24 bits per heavy atom. The summed E-state index contributed by atoms with van der Waals surface area (Å²) >= 11 is 0. The van der Waals surface area contributed by atoms with Gasteiger partial charge in [-0.05, 0) is 43.0 Å². The summed E-state index contributed by atoms with van der Waals surface area (Å²) in [6, 6.07) is 13.3. The molecule has 0 heterocycles. The number of amides is 2. The predicted molar refractivity (Wildman–Crippen MR) is 104 cm³/mol. The van der Waals surface area contributed by atoms with Crippen molar-refractivity contribution in [3.05, 3.63) is 59.2 Å². The van der Waals surface area contributed by atoms with Crippen molar-refractivity contribution >= 4 is 35.6 Å². The van der Waals surface area contributed by atoms with Gasteiger partial charge in [0.2, 0.25) is 11.8 Å². The summed E-state index contributed by atoms with van der Waals surface area (Å²) in [6.07, 6.45) is 0.849. The number of carbonyl (C=O) groups excluding carboxylic acids is 2. The van der Waals surface area contributed by atoms with E-state index in [9.17, 15) is 9.59 Å². The second-order valence-corrected chi connectivity index (χ2v) is 5.79. The van der Waals surface area contributed by atoms with Gasteiger partial charge in [0.25, 0.3) is 0 Å². The van der Waals surface area contributed by atoms with Crippen LogP contribution in [-0.2, 0) is 16.0 Å². The minimum atomic E-state index is -0.236. The minimum Gasteiger partial charge on any atom is -0.399 e. The van der Waals surface area contributed by atoms with Gasteiger partial charge in [-0.2, -0.15) is 0 Å². The quantitative estimate of drug-likeness (QED) is 0.691. The maximum absolute atomic E-state index is 12.0. The summed E-state index contributed by atoms with van der Waals surface area (Å²) in [4.78, 5) is 23.9. The van der Waals surface area contributed by atoms with Crippen LogP contribution >= 0.6 is 12.4 Å². The average molecular weight is 362 g/mol. The SMILES string of the molecule is Cc1cccc(C)c1NC(=O)CNC(=O)CCc1ccccc1N.Cl. The van der Waals surface area contributed by atoms with E-state index in [1.165, 1.54) is 0 Å². The second-order valence-electron chi connectivity index (χ2n) is 5.79. The van der Waals surface area contributed by atoms with Crippen molar-refractivity contribution in [1.82, 2.24) is 5.32 Å². The van der Waals surface area contributed by atoms with E-state index in [0.29, 0.717) is 18.5 Å². The molecule has 25 heavy (non-hydrogen) atoms. The van der Waals surface area contributed by atoms with Gasteiger partial charge in [-0.25, -0.2) is 0 Å². The molecule has 0 bridgehead atoms. The lowest BCUT2D eigenvalue weighted by Crippen LogP contribution is -2.33. The van der Waals surface area contributed by atoms with Crippen LogP contribution in [0.4, 0.5) is 11.4 Å². The standard InChI is InChI=1S/C19H23N3O2.ClH/c1-13-6-5-7-14(2)19(13)22-18(24)12-21-17(23)11-10-15-8-3-4-9-16(15)20;/h3-9H,10-12,20H2,1-2H3,(H,21,23)(H,22,24);1H. The maximum Gasteiger partial charge on any atom is 0.243 e. The van der Waals surface area contributed by atoms with Gasteiger partial charge in [0.15, 0.2) is 0 Å². The fourth-order valence-corrected chi connectivity index (χ4v) is 2.47. The van der Waals surface area contributed by atoms with Crippen molar-refractivity contribution in [1.29, 1.82) is 0 Å². The highest BCUT2D eigenvalue weighted by Crippen LogP contribution is 2.19. The van der Waals surface area contributed by atoms with Crippen LogP contribution in [0.5, 0.6) is 0 Å². The van der Waals surface area contributed by atoms with Gasteiger partial charge in [-0.3, -0.25) is 9.59 Å². The fourth-order valence-electron chi connectivity index (χ4n) is 2.47. The van der Waals surface area contributed by atoms with Gasteiger partial charge in [0.05, 0.1) is 6.54 Å². The molecule has 0 aliphatic heterocycles. The smallest absolute Gasteiger partial charge is 0.243 e. The summed E-state index contributed by atoms with van der Waals surface area (Å²) in [5, 5.41) is 5.48. The van der Waals surface area contributed by atoms with E-state index in [1.54, 1.807) is 0 Å². The molecule has 0 aliphatic rings. The Kier molecular flexibility index (Phi) is 7.95. The third-order valence-corrected chi connectivity index (χ3v) is 3.87. The van der Waals surface area contributed by atoms with E-state index in [1.807, 2.05) is 56.3 Å². The van der Waals surface area contributed by atoms with E-state index in [2.05, 4.69) is 10.6 Å². The highest BCUT2D eigenvalue weighted by molar-refractivity contribution is 5.95. The lowest BCUT2D eigenvalue weighted by Gasteiger charge is -2.12. The Hall–Kier alpha value is -2.53. The summed E-state index contributed by atoms with van der Waals surface area (Å²) in [5.74, 6) is -0.408. The third-order valence-electron chi connectivity index (χ3n) is 3.87. The number of nitrogens with one attached hydrogen (secondary N) is 2. The highest BCUT2D eigenvalue weighted by Gasteiger charge is 2.09. The molecule has 0 radical (unpaired) electrons. The van der Waals surface area contributed by atoms with Crippen molar-refractivity contribution in [3.63, 3.8) is 0 Å². The molecule has 0 unspecified atom stereocenters. The van der Waals surface area contributed by atoms with Gasteiger partial charge >= 0.3 is 0 Å². The Bertz CT molecular complexity index is 727. The molecule has 2 amide bonds. The summed E-state index contributed by atoms with van der Waals surface area (Å²) < 4.78 is 0. The topological polar surface area (TPSA) is 84.2 Å². The van der Waals surface area contributed by atoms with Gasteiger partial charge in [-0.15, -0.1) is 12.4 Å². The summed E-state index contributed by atoms with van der Waals surface area (Å²) in [5.41, 5.74) is 10.3. The van der Waals surface area contributed by atoms with Crippen molar-refractivity contribution < 1.29 is 9.59 Å². The van der Waals surface area contributed by atoms with Gasteiger partial charge in [0, 0.05) is 17.8 Å². The molecule has 0 atom stereocenters. The molecule has 2 rings (SSSR count). The normalized spacial score (nSPS) is 9.84. The Labute approximate surface area is 154 Å². The number of benzene rings is 2. The molecular weight excluding hydrogens is 338 g/mol. The van der Waals surface area contributed by atoms with Crippen molar-refractivity contribution in [2.45, 2.75) is 26.7 Å². The van der Waals surface area contributed by atoms with E-state index in [4.69, 9.17) is 5.73 Å². The number of hydrogen-bond acceptors (Lipinski definition) is 3. The van der Waals surface area contributed by atoms with Crippen LogP contribution in [0.2, 0.25) is 0 Å². The van der Waals surface area contributed by atoms with Crippen molar-refractivity contribution in [2.75, 3.05) is 17.6 Å². The molecule has 6 heteroatoms. The zero-order chi connectivity index (χ0) is 17.5. The Balaban J connectivity index is 0.00000312. The van der Waals surface area contributed by atoms with Crippen molar-refractivity contribution in [2.24, 2.45) is 0 Å².